The average molecular weight is 309 g/mol. The lowest BCUT2D eigenvalue weighted by Crippen LogP contribution is -2.13. The van der Waals surface area contributed by atoms with Crippen LogP contribution in [0.25, 0.3) is 0 Å². The van der Waals surface area contributed by atoms with E-state index in [1.165, 1.54) is 6.07 Å². The maximum atomic E-state index is 13.3. The molecule has 0 bridgehead atoms. The molecule has 18 heavy (non-hydrogen) atoms. The molecule has 0 spiro atoms. The van der Waals surface area contributed by atoms with Crippen molar-refractivity contribution in [3.8, 4) is 0 Å². The van der Waals surface area contributed by atoms with Crippen LogP contribution in [-0.2, 0) is 13.1 Å². The van der Waals surface area contributed by atoms with E-state index in [4.69, 9.17) is 0 Å². The number of hydrogen-bond donors (Lipinski definition) is 1. The Morgan fingerprint density at radius 2 is 1.89 bits per heavy atom. The minimum absolute atomic E-state index is 0.230. The first-order chi connectivity index (χ1) is 8.65. The van der Waals surface area contributed by atoms with Crippen LogP contribution >= 0.6 is 15.9 Å². The summed E-state index contributed by atoms with van der Waals surface area (Å²) in [5, 5.41) is 3.26. The third-order valence-corrected chi connectivity index (χ3v) is 3.26. The van der Waals surface area contributed by atoms with E-state index in [1.807, 2.05) is 31.3 Å². The lowest BCUT2D eigenvalue weighted by Gasteiger charge is -2.06. The molecule has 0 aliphatic heterocycles. The van der Waals surface area contributed by atoms with Gasteiger partial charge < -0.3 is 5.32 Å². The zero-order chi connectivity index (χ0) is 13.0. The summed E-state index contributed by atoms with van der Waals surface area (Å²) < 4.78 is 13.8. The van der Waals surface area contributed by atoms with Crippen LogP contribution in [0.3, 0.4) is 0 Å². The Balaban J connectivity index is 1.88. The Morgan fingerprint density at radius 3 is 2.56 bits per heavy atom. The van der Waals surface area contributed by atoms with Gasteiger partial charge in [0.05, 0.1) is 4.47 Å². The van der Waals surface area contributed by atoms with Gasteiger partial charge in [0.25, 0.3) is 0 Å². The molecule has 1 N–H and O–H groups in total. The number of halogens is 2. The molecule has 0 saturated heterocycles. The third-order valence-electron chi connectivity index (χ3n) is 2.61. The summed E-state index contributed by atoms with van der Waals surface area (Å²) in [5.74, 6) is -0.230. The van der Waals surface area contributed by atoms with Crippen LogP contribution in [0.4, 0.5) is 4.39 Å². The molecular formula is C14H14BrFN2. The van der Waals surface area contributed by atoms with Crippen molar-refractivity contribution >= 4 is 15.9 Å². The summed E-state index contributed by atoms with van der Waals surface area (Å²) in [4.78, 5) is 4.22. The van der Waals surface area contributed by atoms with Gasteiger partial charge in [0.2, 0.25) is 0 Å². The molecule has 1 heterocycles. The van der Waals surface area contributed by atoms with Crippen molar-refractivity contribution in [2.45, 2.75) is 20.0 Å². The molecule has 0 amide bonds. The van der Waals surface area contributed by atoms with Gasteiger partial charge in [-0.15, -0.1) is 0 Å². The van der Waals surface area contributed by atoms with E-state index in [0.29, 0.717) is 11.0 Å². The van der Waals surface area contributed by atoms with Gasteiger partial charge in [-0.3, -0.25) is 4.98 Å². The van der Waals surface area contributed by atoms with Crippen LogP contribution in [0.15, 0.2) is 41.0 Å². The van der Waals surface area contributed by atoms with Crippen molar-refractivity contribution in [2.24, 2.45) is 0 Å². The van der Waals surface area contributed by atoms with Crippen LogP contribution < -0.4 is 5.32 Å². The van der Waals surface area contributed by atoms with Crippen LogP contribution in [0.5, 0.6) is 0 Å². The van der Waals surface area contributed by atoms with E-state index in [2.05, 4.69) is 26.2 Å². The highest BCUT2D eigenvalue weighted by atomic mass is 79.9. The van der Waals surface area contributed by atoms with Crippen molar-refractivity contribution in [1.29, 1.82) is 0 Å². The highest BCUT2D eigenvalue weighted by Gasteiger charge is 2.00. The van der Waals surface area contributed by atoms with Crippen molar-refractivity contribution in [3.63, 3.8) is 0 Å². The summed E-state index contributed by atoms with van der Waals surface area (Å²) in [7, 11) is 0. The normalized spacial score (nSPS) is 10.6. The zero-order valence-electron chi connectivity index (χ0n) is 10.1. The minimum Gasteiger partial charge on any atom is -0.309 e. The van der Waals surface area contributed by atoms with Gasteiger partial charge in [-0.2, -0.15) is 0 Å². The molecule has 1 aromatic carbocycles. The van der Waals surface area contributed by atoms with Gasteiger partial charge in [-0.05, 0) is 52.2 Å². The molecular weight excluding hydrogens is 295 g/mol. The summed E-state index contributed by atoms with van der Waals surface area (Å²) >= 11 is 3.14. The zero-order valence-corrected chi connectivity index (χ0v) is 11.7. The number of aromatic nitrogens is 1. The molecule has 0 unspecified atom stereocenters. The molecule has 0 radical (unpaired) electrons. The fourth-order valence-corrected chi connectivity index (χ4v) is 1.85. The first-order valence-corrected chi connectivity index (χ1v) is 6.50. The van der Waals surface area contributed by atoms with Crippen molar-refractivity contribution in [1.82, 2.24) is 10.3 Å². The second-order valence-electron chi connectivity index (χ2n) is 4.16. The molecule has 2 nitrogen and oxygen atoms in total. The van der Waals surface area contributed by atoms with Gasteiger partial charge in [0, 0.05) is 25.0 Å². The second-order valence-corrected chi connectivity index (χ2v) is 5.01. The maximum Gasteiger partial charge on any atom is 0.137 e. The standard InChI is InChI=1S/C14H14BrFN2/c1-10-2-3-12(9-18-10)8-17-7-11-4-5-13(15)14(16)6-11/h2-6,9,17H,7-8H2,1H3. The van der Waals surface area contributed by atoms with Gasteiger partial charge in [-0.1, -0.05) is 12.1 Å². The smallest absolute Gasteiger partial charge is 0.137 e. The average Bonchev–Trinajstić information content (AvgIpc) is 2.36. The summed E-state index contributed by atoms with van der Waals surface area (Å²) in [6.07, 6.45) is 1.85. The first-order valence-electron chi connectivity index (χ1n) is 5.71. The van der Waals surface area contributed by atoms with Crippen molar-refractivity contribution in [3.05, 3.63) is 63.6 Å². The predicted molar refractivity (Wildman–Crippen MR) is 73.6 cm³/mol. The number of pyridine rings is 1. The number of hydrogen-bond acceptors (Lipinski definition) is 2. The largest absolute Gasteiger partial charge is 0.309 e. The Labute approximate surface area is 114 Å². The van der Waals surface area contributed by atoms with Crippen molar-refractivity contribution < 1.29 is 4.39 Å². The second kappa shape index (κ2) is 6.07. The monoisotopic (exact) mass is 308 g/mol. The van der Waals surface area contributed by atoms with E-state index < -0.39 is 0 Å². The number of nitrogens with zero attached hydrogens (tertiary/aromatic N) is 1. The predicted octanol–water partition coefficient (Wildman–Crippen LogP) is 3.58. The number of rotatable bonds is 4. The van der Waals surface area contributed by atoms with Crippen LogP contribution in [0, 0.1) is 12.7 Å². The van der Waals surface area contributed by atoms with E-state index in [-0.39, 0.29) is 5.82 Å². The molecule has 1 aromatic heterocycles. The van der Waals surface area contributed by atoms with Gasteiger partial charge >= 0.3 is 0 Å². The first kappa shape index (κ1) is 13.2. The fourth-order valence-electron chi connectivity index (χ4n) is 1.60. The SMILES string of the molecule is Cc1ccc(CNCc2ccc(Br)c(F)c2)cn1. The Bertz CT molecular complexity index is 526. The van der Waals surface area contributed by atoms with Gasteiger partial charge in [-0.25, -0.2) is 4.39 Å². The lowest BCUT2D eigenvalue weighted by molar-refractivity contribution is 0.613. The topological polar surface area (TPSA) is 24.9 Å². The maximum absolute atomic E-state index is 13.3. The Hall–Kier alpha value is -1.26. The van der Waals surface area contributed by atoms with E-state index in [0.717, 1.165) is 23.4 Å². The third kappa shape index (κ3) is 3.62. The van der Waals surface area contributed by atoms with Crippen LogP contribution in [0.1, 0.15) is 16.8 Å². The quantitative estimate of drug-likeness (QED) is 0.934. The molecule has 94 valence electrons. The number of nitrogens with one attached hydrogen (secondary N) is 1. The van der Waals surface area contributed by atoms with E-state index in [1.54, 1.807) is 6.07 Å². The summed E-state index contributed by atoms with van der Waals surface area (Å²) in [6.45, 7) is 3.32. The minimum atomic E-state index is -0.230. The number of benzene rings is 1. The highest BCUT2D eigenvalue weighted by Crippen LogP contribution is 2.16. The molecule has 0 fully saturated rings. The highest BCUT2D eigenvalue weighted by molar-refractivity contribution is 9.10. The molecule has 4 heteroatoms. The van der Waals surface area contributed by atoms with E-state index in [9.17, 15) is 4.39 Å². The number of aryl methyl sites for hydroxylation is 1. The van der Waals surface area contributed by atoms with Gasteiger partial charge in [0.1, 0.15) is 5.82 Å². The van der Waals surface area contributed by atoms with Crippen molar-refractivity contribution in [2.75, 3.05) is 0 Å². The Morgan fingerprint density at radius 1 is 1.17 bits per heavy atom. The Kier molecular flexibility index (Phi) is 4.44. The van der Waals surface area contributed by atoms with E-state index >= 15 is 0 Å². The molecule has 2 rings (SSSR count). The summed E-state index contributed by atoms with van der Waals surface area (Å²) in [6, 6.07) is 9.17. The van der Waals surface area contributed by atoms with Crippen LogP contribution in [-0.4, -0.2) is 4.98 Å². The van der Waals surface area contributed by atoms with Gasteiger partial charge in [0.15, 0.2) is 0 Å². The molecule has 2 aromatic rings. The molecule has 0 aliphatic carbocycles. The summed E-state index contributed by atoms with van der Waals surface area (Å²) in [5.41, 5.74) is 3.06. The van der Waals surface area contributed by atoms with Crippen LogP contribution in [0.2, 0.25) is 0 Å². The molecule has 0 atom stereocenters. The lowest BCUT2D eigenvalue weighted by atomic mass is 10.2. The fraction of sp³-hybridized carbons (Fsp3) is 0.214. The molecule has 0 saturated carbocycles. The molecule has 0 aliphatic rings.